The molecule has 5 heteroatoms. The van der Waals surface area contributed by atoms with Crippen molar-refractivity contribution in [2.45, 2.75) is 76.2 Å². The summed E-state index contributed by atoms with van der Waals surface area (Å²) >= 11 is 12.4. The van der Waals surface area contributed by atoms with E-state index in [1.807, 2.05) is 18.2 Å². The van der Waals surface area contributed by atoms with E-state index in [2.05, 4.69) is 13.8 Å². The van der Waals surface area contributed by atoms with Crippen LogP contribution in [0.4, 0.5) is 4.39 Å². The smallest absolute Gasteiger partial charge is 0.123 e. The minimum atomic E-state index is -0.458. The van der Waals surface area contributed by atoms with E-state index < -0.39 is 5.54 Å². The molecule has 1 unspecified atom stereocenters. The summed E-state index contributed by atoms with van der Waals surface area (Å²) in [5.74, 6) is 1.05. The number of rotatable bonds is 8. The van der Waals surface area contributed by atoms with Gasteiger partial charge in [-0.05, 0) is 66.5 Å². The van der Waals surface area contributed by atoms with Crippen LogP contribution < -0.4 is 10.5 Å². The van der Waals surface area contributed by atoms with Crippen LogP contribution in [0, 0.1) is 11.7 Å². The van der Waals surface area contributed by atoms with Gasteiger partial charge in [0.05, 0.1) is 17.2 Å². The number of hydrogen-bond acceptors (Lipinski definition) is 2. The standard InChI is InChI=1S/C26H34Cl2FNO/c1-25(2,21-14-20(29)10-12-24(21)31-3)17-26(30,15-18-7-5-4-6-8-18)16-19-9-11-22(27)23(28)13-19/h9-14,18H,4-8,15-17,30H2,1-3H3. The summed E-state index contributed by atoms with van der Waals surface area (Å²) < 4.78 is 19.7. The fraction of sp³-hybridized carbons (Fsp3) is 0.538. The van der Waals surface area contributed by atoms with Crippen LogP contribution in [-0.2, 0) is 11.8 Å². The fourth-order valence-corrected chi connectivity index (χ4v) is 5.73. The Balaban J connectivity index is 1.92. The van der Waals surface area contributed by atoms with E-state index in [0.717, 1.165) is 17.5 Å². The molecule has 0 amide bonds. The number of methoxy groups -OCH3 is 1. The highest BCUT2D eigenvalue weighted by Gasteiger charge is 2.38. The molecule has 0 radical (unpaired) electrons. The SMILES string of the molecule is COc1ccc(F)cc1C(C)(C)CC(N)(Cc1ccc(Cl)c(Cl)c1)CC1CCCCC1. The Morgan fingerprint density at radius 1 is 1.03 bits per heavy atom. The zero-order valence-electron chi connectivity index (χ0n) is 18.8. The molecule has 1 aliphatic rings. The van der Waals surface area contributed by atoms with Gasteiger partial charge in [-0.3, -0.25) is 0 Å². The van der Waals surface area contributed by atoms with Crippen molar-refractivity contribution in [3.63, 3.8) is 0 Å². The summed E-state index contributed by atoms with van der Waals surface area (Å²) in [5.41, 5.74) is 8.29. The van der Waals surface area contributed by atoms with Gasteiger partial charge < -0.3 is 10.5 Å². The molecule has 0 aliphatic heterocycles. The molecule has 3 rings (SSSR count). The van der Waals surface area contributed by atoms with Crippen molar-refractivity contribution >= 4 is 23.2 Å². The summed E-state index contributed by atoms with van der Waals surface area (Å²) in [6.45, 7) is 4.25. The monoisotopic (exact) mass is 465 g/mol. The Kier molecular flexibility index (Phi) is 7.94. The maximum absolute atomic E-state index is 14.1. The van der Waals surface area contributed by atoms with E-state index in [1.165, 1.54) is 38.2 Å². The Hall–Kier alpha value is -1.29. The van der Waals surface area contributed by atoms with Crippen molar-refractivity contribution < 1.29 is 9.13 Å². The second-order valence-electron chi connectivity index (χ2n) is 9.90. The molecule has 31 heavy (non-hydrogen) atoms. The Morgan fingerprint density at radius 3 is 2.39 bits per heavy atom. The molecule has 1 fully saturated rings. The molecule has 1 saturated carbocycles. The molecule has 2 aromatic rings. The third-order valence-electron chi connectivity index (χ3n) is 6.64. The van der Waals surface area contributed by atoms with Crippen molar-refractivity contribution in [3.05, 3.63) is 63.4 Å². The first-order valence-electron chi connectivity index (χ1n) is 11.2. The van der Waals surface area contributed by atoms with Crippen LogP contribution in [0.5, 0.6) is 5.75 Å². The third-order valence-corrected chi connectivity index (χ3v) is 7.38. The zero-order chi connectivity index (χ0) is 22.6. The lowest BCUT2D eigenvalue weighted by atomic mass is 9.67. The number of hydrogen-bond donors (Lipinski definition) is 1. The second kappa shape index (κ2) is 10.1. The van der Waals surface area contributed by atoms with Gasteiger partial charge in [0.1, 0.15) is 11.6 Å². The van der Waals surface area contributed by atoms with Crippen LogP contribution in [0.1, 0.15) is 69.9 Å². The van der Waals surface area contributed by atoms with E-state index in [-0.39, 0.29) is 11.2 Å². The molecule has 0 bridgehead atoms. The molecule has 170 valence electrons. The summed E-state index contributed by atoms with van der Waals surface area (Å²) in [6, 6.07) is 10.5. The predicted molar refractivity (Wildman–Crippen MR) is 129 cm³/mol. The van der Waals surface area contributed by atoms with Crippen molar-refractivity contribution in [1.82, 2.24) is 0 Å². The lowest BCUT2D eigenvalue weighted by molar-refractivity contribution is 0.212. The van der Waals surface area contributed by atoms with Gasteiger partial charge >= 0.3 is 0 Å². The molecule has 0 spiro atoms. The van der Waals surface area contributed by atoms with Gasteiger partial charge in [0, 0.05) is 11.1 Å². The highest BCUT2D eigenvalue weighted by atomic mass is 35.5. The van der Waals surface area contributed by atoms with Crippen LogP contribution >= 0.6 is 23.2 Å². The van der Waals surface area contributed by atoms with Gasteiger partial charge in [0.2, 0.25) is 0 Å². The molecular formula is C26H34Cl2FNO. The maximum Gasteiger partial charge on any atom is 0.123 e. The summed E-state index contributed by atoms with van der Waals surface area (Å²) in [7, 11) is 1.63. The van der Waals surface area contributed by atoms with Gasteiger partial charge in [0.15, 0.2) is 0 Å². The number of benzene rings is 2. The summed E-state index contributed by atoms with van der Waals surface area (Å²) in [4.78, 5) is 0. The highest BCUT2D eigenvalue weighted by Crippen LogP contribution is 2.42. The number of nitrogens with two attached hydrogens (primary N) is 1. The van der Waals surface area contributed by atoms with Crippen molar-refractivity contribution in [3.8, 4) is 5.75 Å². The maximum atomic E-state index is 14.1. The van der Waals surface area contributed by atoms with Gasteiger partial charge in [-0.2, -0.15) is 0 Å². The lowest BCUT2D eigenvalue weighted by Gasteiger charge is -2.41. The zero-order valence-corrected chi connectivity index (χ0v) is 20.3. The molecule has 2 N–H and O–H groups in total. The summed E-state index contributed by atoms with van der Waals surface area (Å²) in [6.07, 6.45) is 8.65. The Morgan fingerprint density at radius 2 is 1.74 bits per heavy atom. The van der Waals surface area contributed by atoms with E-state index in [1.54, 1.807) is 19.2 Å². The molecule has 1 atom stereocenters. The topological polar surface area (TPSA) is 35.2 Å². The molecule has 0 saturated heterocycles. The van der Waals surface area contributed by atoms with Gasteiger partial charge in [-0.15, -0.1) is 0 Å². The van der Waals surface area contributed by atoms with Crippen LogP contribution in [0.15, 0.2) is 36.4 Å². The average molecular weight is 466 g/mol. The molecule has 2 aromatic carbocycles. The quantitative estimate of drug-likeness (QED) is 0.432. The molecule has 0 heterocycles. The van der Waals surface area contributed by atoms with E-state index in [9.17, 15) is 4.39 Å². The average Bonchev–Trinajstić information content (AvgIpc) is 2.71. The van der Waals surface area contributed by atoms with E-state index in [0.29, 0.717) is 34.6 Å². The van der Waals surface area contributed by atoms with Gasteiger partial charge in [-0.1, -0.05) is 75.2 Å². The van der Waals surface area contributed by atoms with Crippen LogP contribution in [0.25, 0.3) is 0 Å². The lowest BCUT2D eigenvalue weighted by Crippen LogP contribution is -2.48. The first kappa shape index (κ1) is 24.4. The highest BCUT2D eigenvalue weighted by molar-refractivity contribution is 6.42. The predicted octanol–water partition coefficient (Wildman–Crippen LogP) is 7.72. The first-order valence-corrected chi connectivity index (χ1v) is 11.9. The number of ether oxygens (including phenoxy) is 1. The third kappa shape index (κ3) is 6.37. The van der Waals surface area contributed by atoms with E-state index in [4.69, 9.17) is 33.7 Å². The van der Waals surface area contributed by atoms with E-state index >= 15 is 0 Å². The van der Waals surface area contributed by atoms with Gasteiger partial charge in [0.25, 0.3) is 0 Å². The minimum Gasteiger partial charge on any atom is -0.496 e. The Bertz CT molecular complexity index is 895. The van der Waals surface area contributed by atoms with Gasteiger partial charge in [-0.25, -0.2) is 4.39 Å². The largest absolute Gasteiger partial charge is 0.496 e. The number of halogens is 3. The van der Waals surface area contributed by atoms with Crippen LogP contribution in [0.2, 0.25) is 10.0 Å². The summed E-state index contributed by atoms with van der Waals surface area (Å²) in [5, 5.41) is 1.09. The molecule has 1 aliphatic carbocycles. The minimum absolute atomic E-state index is 0.261. The fourth-order valence-electron chi connectivity index (χ4n) is 5.41. The Labute approximate surface area is 196 Å². The van der Waals surface area contributed by atoms with Crippen molar-refractivity contribution in [1.29, 1.82) is 0 Å². The van der Waals surface area contributed by atoms with Crippen LogP contribution in [-0.4, -0.2) is 12.6 Å². The molecule has 0 aromatic heterocycles. The van der Waals surface area contributed by atoms with Crippen molar-refractivity contribution in [2.24, 2.45) is 11.7 Å². The van der Waals surface area contributed by atoms with Crippen LogP contribution in [0.3, 0.4) is 0 Å². The second-order valence-corrected chi connectivity index (χ2v) is 10.7. The normalized spacial score (nSPS) is 17.4. The molecule has 2 nitrogen and oxygen atoms in total. The van der Waals surface area contributed by atoms with Crippen molar-refractivity contribution in [2.75, 3.05) is 7.11 Å². The molecular weight excluding hydrogens is 432 g/mol. The first-order chi connectivity index (χ1) is 14.6.